The third-order valence-electron chi connectivity index (χ3n) is 4.31. The number of hydrogen-bond acceptors (Lipinski definition) is 3. The molecular formula is C15H20ClF2N3O. The van der Waals surface area contributed by atoms with E-state index in [0.717, 1.165) is 50.7 Å². The molecule has 4 nitrogen and oxygen atoms in total. The average molecular weight is 332 g/mol. The molecule has 0 bridgehead atoms. The Labute approximate surface area is 134 Å². The highest BCUT2D eigenvalue weighted by Crippen LogP contribution is 2.24. The van der Waals surface area contributed by atoms with E-state index >= 15 is 0 Å². The quantitative estimate of drug-likeness (QED) is 0.890. The number of carbonyl (C=O) groups excluding carboxylic acids is 1. The number of anilines is 1. The molecule has 1 aromatic carbocycles. The second-order valence-electron chi connectivity index (χ2n) is 5.81. The van der Waals surface area contributed by atoms with Crippen LogP contribution in [-0.4, -0.2) is 43.0 Å². The van der Waals surface area contributed by atoms with Crippen molar-refractivity contribution in [2.45, 2.75) is 18.9 Å². The van der Waals surface area contributed by atoms with Gasteiger partial charge in [0.1, 0.15) is 11.6 Å². The standard InChI is InChI=1S/C15H19F2N3O.ClH/c16-11-1-2-12(17)14(7-11)19-15(21)9-20-6-4-13-10(8-20)3-5-18-13;/h1-2,7,10,13,18H,3-6,8-9H2,(H,19,21);1H. The van der Waals surface area contributed by atoms with Crippen molar-refractivity contribution in [2.75, 3.05) is 31.5 Å². The van der Waals surface area contributed by atoms with Crippen LogP contribution in [0.5, 0.6) is 0 Å². The van der Waals surface area contributed by atoms with E-state index in [1.54, 1.807) is 0 Å². The van der Waals surface area contributed by atoms with E-state index in [1.165, 1.54) is 0 Å². The van der Waals surface area contributed by atoms with Crippen molar-refractivity contribution in [1.82, 2.24) is 10.2 Å². The van der Waals surface area contributed by atoms with Gasteiger partial charge in [-0.25, -0.2) is 8.78 Å². The molecule has 1 amide bonds. The molecule has 22 heavy (non-hydrogen) atoms. The van der Waals surface area contributed by atoms with Crippen LogP contribution in [0.4, 0.5) is 14.5 Å². The van der Waals surface area contributed by atoms with E-state index < -0.39 is 11.6 Å². The van der Waals surface area contributed by atoms with Gasteiger partial charge in [-0.15, -0.1) is 12.4 Å². The Morgan fingerprint density at radius 3 is 3.00 bits per heavy atom. The molecule has 7 heteroatoms. The van der Waals surface area contributed by atoms with E-state index in [-0.39, 0.29) is 30.5 Å². The molecule has 2 aliphatic heterocycles. The number of rotatable bonds is 3. The van der Waals surface area contributed by atoms with Gasteiger partial charge >= 0.3 is 0 Å². The summed E-state index contributed by atoms with van der Waals surface area (Å²) < 4.78 is 26.5. The summed E-state index contributed by atoms with van der Waals surface area (Å²) in [6.07, 6.45) is 2.17. The third-order valence-corrected chi connectivity index (χ3v) is 4.31. The minimum absolute atomic E-state index is 0. The first kappa shape index (κ1) is 17.1. The minimum atomic E-state index is -0.622. The summed E-state index contributed by atoms with van der Waals surface area (Å²) in [7, 11) is 0. The fourth-order valence-corrected chi connectivity index (χ4v) is 3.25. The van der Waals surface area contributed by atoms with Gasteiger partial charge in [0.15, 0.2) is 0 Å². The first-order chi connectivity index (χ1) is 10.1. The van der Waals surface area contributed by atoms with Crippen LogP contribution in [0.2, 0.25) is 0 Å². The van der Waals surface area contributed by atoms with Crippen LogP contribution in [-0.2, 0) is 4.79 Å². The van der Waals surface area contributed by atoms with Crippen molar-refractivity contribution < 1.29 is 13.6 Å². The fourth-order valence-electron chi connectivity index (χ4n) is 3.25. The smallest absolute Gasteiger partial charge is 0.238 e. The molecule has 3 rings (SSSR count). The zero-order valence-corrected chi connectivity index (χ0v) is 13.0. The van der Waals surface area contributed by atoms with Gasteiger partial charge in [0.05, 0.1) is 12.2 Å². The Morgan fingerprint density at radius 1 is 1.36 bits per heavy atom. The zero-order chi connectivity index (χ0) is 14.8. The summed E-state index contributed by atoms with van der Waals surface area (Å²) in [5.74, 6) is -0.894. The topological polar surface area (TPSA) is 44.4 Å². The van der Waals surface area contributed by atoms with Crippen molar-refractivity contribution in [3.63, 3.8) is 0 Å². The molecule has 0 saturated carbocycles. The maximum Gasteiger partial charge on any atom is 0.238 e. The monoisotopic (exact) mass is 331 g/mol. The predicted molar refractivity (Wildman–Crippen MR) is 83.2 cm³/mol. The lowest BCUT2D eigenvalue weighted by Crippen LogP contribution is -2.46. The molecule has 2 fully saturated rings. The number of carbonyl (C=O) groups is 1. The Hall–Kier alpha value is -1.24. The van der Waals surface area contributed by atoms with Crippen molar-refractivity contribution in [3.05, 3.63) is 29.8 Å². The van der Waals surface area contributed by atoms with E-state index in [1.807, 2.05) is 0 Å². The normalized spacial score (nSPS) is 24.5. The van der Waals surface area contributed by atoms with Crippen LogP contribution in [0.1, 0.15) is 12.8 Å². The highest BCUT2D eigenvalue weighted by molar-refractivity contribution is 5.92. The molecule has 0 radical (unpaired) electrons. The summed E-state index contributed by atoms with van der Waals surface area (Å²) in [6, 6.07) is 3.62. The predicted octanol–water partition coefficient (Wildman–Crippen LogP) is 2.01. The molecule has 0 aliphatic carbocycles. The number of halogens is 3. The maximum absolute atomic E-state index is 13.5. The van der Waals surface area contributed by atoms with Crippen LogP contribution in [0, 0.1) is 17.6 Å². The largest absolute Gasteiger partial charge is 0.322 e. The van der Waals surface area contributed by atoms with E-state index in [0.29, 0.717) is 12.0 Å². The lowest BCUT2D eigenvalue weighted by atomic mass is 9.93. The van der Waals surface area contributed by atoms with Crippen molar-refractivity contribution in [1.29, 1.82) is 0 Å². The SMILES string of the molecule is Cl.O=C(CN1CCC2NCCC2C1)Nc1cc(F)ccc1F. The number of benzene rings is 1. The van der Waals surface area contributed by atoms with Crippen molar-refractivity contribution in [2.24, 2.45) is 5.92 Å². The molecule has 2 saturated heterocycles. The second kappa shape index (κ2) is 7.35. The zero-order valence-electron chi connectivity index (χ0n) is 12.1. The Balaban J connectivity index is 0.00000176. The van der Waals surface area contributed by atoms with Gasteiger partial charge in [-0.2, -0.15) is 0 Å². The van der Waals surface area contributed by atoms with Crippen LogP contribution >= 0.6 is 12.4 Å². The summed E-state index contributed by atoms with van der Waals surface area (Å²) in [5.41, 5.74) is -0.0996. The van der Waals surface area contributed by atoms with Crippen LogP contribution in [0.3, 0.4) is 0 Å². The van der Waals surface area contributed by atoms with Crippen LogP contribution in [0.25, 0.3) is 0 Å². The molecule has 2 atom stereocenters. The van der Waals surface area contributed by atoms with E-state index in [9.17, 15) is 13.6 Å². The number of piperidine rings is 1. The lowest BCUT2D eigenvalue weighted by molar-refractivity contribution is -0.117. The Morgan fingerprint density at radius 2 is 2.18 bits per heavy atom. The molecule has 0 spiro atoms. The summed E-state index contributed by atoms with van der Waals surface area (Å²) in [5, 5.41) is 5.91. The van der Waals surface area contributed by atoms with Gasteiger partial charge in [0, 0.05) is 25.2 Å². The van der Waals surface area contributed by atoms with Gasteiger partial charge in [-0.3, -0.25) is 9.69 Å². The summed E-state index contributed by atoms with van der Waals surface area (Å²) in [4.78, 5) is 14.1. The van der Waals surface area contributed by atoms with E-state index in [4.69, 9.17) is 0 Å². The van der Waals surface area contributed by atoms with Crippen molar-refractivity contribution in [3.8, 4) is 0 Å². The second-order valence-corrected chi connectivity index (χ2v) is 5.81. The number of likely N-dealkylation sites (tertiary alicyclic amines) is 1. The highest BCUT2D eigenvalue weighted by atomic mass is 35.5. The minimum Gasteiger partial charge on any atom is -0.322 e. The molecule has 2 unspecified atom stereocenters. The molecule has 1 aromatic rings. The van der Waals surface area contributed by atoms with Gasteiger partial charge in [-0.05, 0) is 37.4 Å². The maximum atomic E-state index is 13.5. The molecule has 122 valence electrons. The van der Waals surface area contributed by atoms with Crippen LogP contribution in [0.15, 0.2) is 18.2 Å². The number of fused-ring (bicyclic) bond motifs is 1. The number of hydrogen-bond donors (Lipinski definition) is 2. The van der Waals surface area contributed by atoms with Crippen molar-refractivity contribution >= 4 is 24.0 Å². The Bertz CT molecular complexity index is 544. The number of nitrogens with one attached hydrogen (secondary N) is 2. The molecule has 2 N–H and O–H groups in total. The Kier molecular flexibility index (Phi) is 5.72. The molecule has 0 aromatic heterocycles. The molecule has 2 heterocycles. The number of amides is 1. The number of nitrogens with zero attached hydrogens (tertiary/aromatic N) is 1. The van der Waals surface area contributed by atoms with Gasteiger partial charge in [-0.1, -0.05) is 0 Å². The fraction of sp³-hybridized carbons (Fsp3) is 0.533. The van der Waals surface area contributed by atoms with Crippen LogP contribution < -0.4 is 10.6 Å². The summed E-state index contributed by atoms with van der Waals surface area (Å²) >= 11 is 0. The lowest BCUT2D eigenvalue weighted by Gasteiger charge is -2.34. The van der Waals surface area contributed by atoms with Gasteiger partial charge in [0.2, 0.25) is 5.91 Å². The molecular weight excluding hydrogens is 312 g/mol. The third kappa shape index (κ3) is 3.94. The highest BCUT2D eigenvalue weighted by Gasteiger charge is 2.33. The summed E-state index contributed by atoms with van der Waals surface area (Å²) in [6.45, 7) is 3.01. The van der Waals surface area contributed by atoms with Gasteiger partial charge in [0.25, 0.3) is 0 Å². The van der Waals surface area contributed by atoms with E-state index in [2.05, 4.69) is 15.5 Å². The first-order valence-electron chi connectivity index (χ1n) is 7.32. The average Bonchev–Trinajstić information content (AvgIpc) is 2.90. The molecule has 2 aliphatic rings. The first-order valence-corrected chi connectivity index (χ1v) is 7.32. The van der Waals surface area contributed by atoms with Gasteiger partial charge < -0.3 is 10.6 Å².